The minimum atomic E-state index is -1.21. The van der Waals surface area contributed by atoms with E-state index >= 15 is 0 Å². The number of primary amides is 1. The Kier molecular flexibility index (Phi) is 5.63. The van der Waals surface area contributed by atoms with Crippen LogP contribution in [0.2, 0.25) is 0 Å². The van der Waals surface area contributed by atoms with Gasteiger partial charge in [-0.3, -0.25) is 24.1 Å². The van der Waals surface area contributed by atoms with Crippen molar-refractivity contribution in [2.45, 2.75) is 26.0 Å². The molecule has 1 heterocycles. The molecule has 1 aliphatic heterocycles. The van der Waals surface area contributed by atoms with Crippen molar-refractivity contribution < 1.29 is 28.7 Å². The van der Waals surface area contributed by atoms with Crippen LogP contribution in [-0.4, -0.2) is 46.6 Å². The summed E-state index contributed by atoms with van der Waals surface area (Å²) in [5, 5.41) is 2.54. The second kappa shape index (κ2) is 8.16. The first-order chi connectivity index (χ1) is 14.2. The van der Waals surface area contributed by atoms with E-state index in [2.05, 4.69) is 5.32 Å². The first kappa shape index (κ1) is 20.7. The Bertz CT molecular complexity index is 1010. The summed E-state index contributed by atoms with van der Waals surface area (Å²) in [4.78, 5) is 61.6. The zero-order valence-corrected chi connectivity index (χ0v) is 16.2. The van der Waals surface area contributed by atoms with Crippen molar-refractivity contribution in [3.63, 3.8) is 0 Å². The van der Waals surface area contributed by atoms with Gasteiger partial charge in [0.2, 0.25) is 5.91 Å². The van der Waals surface area contributed by atoms with Crippen LogP contribution in [0.25, 0.3) is 0 Å². The summed E-state index contributed by atoms with van der Waals surface area (Å²) >= 11 is 0. The third-order valence-corrected chi connectivity index (χ3v) is 4.65. The highest BCUT2D eigenvalue weighted by atomic mass is 16.5. The molecule has 0 unspecified atom stereocenters. The molecule has 0 saturated carbocycles. The lowest BCUT2D eigenvalue weighted by Crippen LogP contribution is -2.45. The molecule has 3 rings (SSSR count). The van der Waals surface area contributed by atoms with Crippen molar-refractivity contribution in [3.05, 3.63) is 65.2 Å². The molecular weight excluding hydrogens is 390 g/mol. The summed E-state index contributed by atoms with van der Waals surface area (Å²) in [6.07, 6.45) is -1.19. The van der Waals surface area contributed by atoms with Gasteiger partial charge in [-0.2, -0.15) is 0 Å². The maximum absolute atomic E-state index is 12.5. The number of hydrogen-bond donors (Lipinski definition) is 2. The molecule has 154 valence electrons. The van der Waals surface area contributed by atoms with Crippen LogP contribution in [0.1, 0.15) is 44.9 Å². The van der Waals surface area contributed by atoms with Crippen molar-refractivity contribution in [2.75, 3.05) is 5.32 Å². The third-order valence-electron chi connectivity index (χ3n) is 4.65. The molecule has 2 atom stereocenters. The molecule has 30 heavy (non-hydrogen) atoms. The standard InChI is InChI=1S/C21H19N3O6/c1-11(24-19(27)15-5-3-4-6-16(15)20(24)28)21(29)30-12(2)18(26)23-14-9-7-13(8-10-14)17(22)25/h3-12H,1-2H3,(H2,22,25)(H,23,26)/t11-,12+/m0/s1. The number of carbonyl (C=O) groups excluding carboxylic acids is 5. The maximum Gasteiger partial charge on any atom is 0.329 e. The van der Waals surface area contributed by atoms with Crippen LogP contribution in [0.3, 0.4) is 0 Å². The number of hydrogen-bond acceptors (Lipinski definition) is 6. The molecule has 0 radical (unpaired) electrons. The molecule has 9 nitrogen and oxygen atoms in total. The average molecular weight is 409 g/mol. The van der Waals surface area contributed by atoms with E-state index in [-0.39, 0.29) is 16.7 Å². The molecule has 1 aliphatic rings. The number of esters is 1. The lowest BCUT2D eigenvalue weighted by Gasteiger charge is -2.22. The van der Waals surface area contributed by atoms with Crippen LogP contribution >= 0.6 is 0 Å². The summed E-state index contributed by atoms with van der Waals surface area (Å²) in [6, 6.07) is 10.9. The molecule has 0 spiro atoms. The fourth-order valence-electron chi connectivity index (χ4n) is 2.95. The molecule has 3 N–H and O–H groups in total. The Morgan fingerprint density at radius 2 is 1.47 bits per heavy atom. The van der Waals surface area contributed by atoms with Crippen molar-refractivity contribution >= 4 is 35.3 Å². The maximum atomic E-state index is 12.5. The number of carbonyl (C=O) groups is 5. The highest BCUT2D eigenvalue weighted by Crippen LogP contribution is 2.25. The Morgan fingerprint density at radius 3 is 1.97 bits per heavy atom. The van der Waals surface area contributed by atoms with Gasteiger partial charge >= 0.3 is 5.97 Å². The number of imide groups is 1. The van der Waals surface area contributed by atoms with Gasteiger partial charge in [-0.25, -0.2) is 4.79 Å². The van der Waals surface area contributed by atoms with E-state index < -0.39 is 41.7 Å². The summed E-state index contributed by atoms with van der Waals surface area (Å²) in [6.45, 7) is 2.72. The molecule has 0 aromatic heterocycles. The molecular formula is C21H19N3O6. The highest BCUT2D eigenvalue weighted by molar-refractivity contribution is 6.22. The van der Waals surface area contributed by atoms with Gasteiger partial charge in [-0.15, -0.1) is 0 Å². The molecule has 2 aromatic carbocycles. The predicted octanol–water partition coefficient (Wildman–Crippen LogP) is 1.34. The van der Waals surface area contributed by atoms with Crippen molar-refractivity contribution in [2.24, 2.45) is 5.73 Å². The van der Waals surface area contributed by atoms with Crippen LogP contribution < -0.4 is 11.1 Å². The van der Waals surface area contributed by atoms with Crippen molar-refractivity contribution in [3.8, 4) is 0 Å². The van der Waals surface area contributed by atoms with Gasteiger partial charge in [0.1, 0.15) is 6.04 Å². The number of benzene rings is 2. The van der Waals surface area contributed by atoms with Crippen molar-refractivity contribution in [1.82, 2.24) is 4.90 Å². The number of nitrogens with zero attached hydrogens (tertiary/aromatic N) is 1. The van der Waals surface area contributed by atoms with Crippen molar-refractivity contribution in [1.29, 1.82) is 0 Å². The molecule has 0 saturated heterocycles. The molecule has 0 fully saturated rings. The van der Waals surface area contributed by atoms with E-state index in [1.54, 1.807) is 12.1 Å². The molecule has 2 aromatic rings. The summed E-state index contributed by atoms with van der Waals surface area (Å²) in [5.41, 5.74) is 6.25. The van der Waals surface area contributed by atoms with E-state index in [1.807, 2.05) is 0 Å². The largest absolute Gasteiger partial charge is 0.451 e. The lowest BCUT2D eigenvalue weighted by molar-refractivity contribution is -0.156. The topological polar surface area (TPSA) is 136 Å². The highest BCUT2D eigenvalue weighted by Gasteiger charge is 2.41. The monoisotopic (exact) mass is 409 g/mol. The number of rotatable bonds is 6. The summed E-state index contributed by atoms with van der Waals surface area (Å²) in [5.74, 6) is -3.29. The van der Waals surface area contributed by atoms with Gasteiger partial charge in [0, 0.05) is 11.3 Å². The van der Waals surface area contributed by atoms with Crippen LogP contribution in [-0.2, 0) is 14.3 Å². The van der Waals surface area contributed by atoms with E-state index in [0.29, 0.717) is 5.69 Å². The normalized spacial score (nSPS) is 14.7. The van der Waals surface area contributed by atoms with Gasteiger partial charge in [0.25, 0.3) is 17.7 Å². The van der Waals surface area contributed by atoms with Gasteiger partial charge < -0.3 is 15.8 Å². The Hall–Kier alpha value is -4.01. The number of nitrogens with one attached hydrogen (secondary N) is 1. The predicted molar refractivity (Wildman–Crippen MR) is 106 cm³/mol. The Labute approximate surface area is 171 Å². The summed E-state index contributed by atoms with van der Waals surface area (Å²) < 4.78 is 5.14. The number of nitrogens with two attached hydrogens (primary N) is 1. The van der Waals surface area contributed by atoms with Crippen LogP contribution in [0, 0.1) is 0 Å². The number of fused-ring (bicyclic) bond motifs is 1. The van der Waals surface area contributed by atoms with E-state index in [1.165, 1.54) is 50.2 Å². The smallest absolute Gasteiger partial charge is 0.329 e. The van der Waals surface area contributed by atoms with Crippen LogP contribution in [0.5, 0.6) is 0 Å². The van der Waals surface area contributed by atoms with E-state index in [4.69, 9.17) is 10.5 Å². The fraction of sp³-hybridized carbons (Fsp3) is 0.190. The summed E-state index contributed by atoms with van der Waals surface area (Å²) in [7, 11) is 0. The van der Waals surface area contributed by atoms with E-state index in [0.717, 1.165) is 4.90 Å². The molecule has 4 amide bonds. The molecule has 0 bridgehead atoms. The number of amides is 4. The Balaban J connectivity index is 1.62. The van der Waals surface area contributed by atoms with Crippen LogP contribution in [0.15, 0.2) is 48.5 Å². The molecule has 0 aliphatic carbocycles. The fourth-order valence-corrected chi connectivity index (χ4v) is 2.95. The SMILES string of the molecule is C[C@@H](OC(=O)[C@H](C)N1C(=O)c2ccccc2C1=O)C(=O)Nc1ccc(C(N)=O)cc1. The first-order valence-electron chi connectivity index (χ1n) is 9.09. The second-order valence-corrected chi connectivity index (χ2v) is 6.71. The van der Waals surface area contributed by atoms with E-state index in [9.17, 15) is 24.0 Å². The van der Waals surface area contributed by atoms with Gasteiger partial charge in [0.15, 0.2) is 6.10 Å². The quantitative estimate of drug-likeness (QED) is 0.546. The number of anilines is 1. The zero-order valence-electron chi connectivity index (χ0n) is 16.2. The van der Waals surface area contributed by atoms with Gasteiger partial charge in [-0.05, 0) is 50.2 Å². The average Bonchev–Trinajstić information content (AvgIpc) is 2.98. The lowest BCUT2D eigenvalue weighted by atomic mass is 10.1. The minimum absolute atomic E-state index is 0.215. The zero-order chi connectivity index (χ0) is 22.0. The first-order valence-corrected chi connectivity index (χ1v) is 9.09. The Morgan fingerprint density at radius 1 is 0.933 bits per heavy atom. The molecule has 9 heteroatoms. The van der Waals surface area contributed by atoms with Crippen LogP contribution in [0.4, 0.5) is 5.69 Å². The third kappa shape index (κ3) is 3.90. The van der Waals surface area contributed by atoms with Gasteiger partial charge in [0.05, 0.1) is 11.1 Å². The number of ether oxygens (including phenoxy) is 1. The second-order valence-electron chi connectivity index (χ2n) is 6.71. The minimum Gasteiger partial charge on any atom is -0.451 e. The van der Waals surface area contributed by atoms with Gasteiger partial charge in [-0.1, -0.05) is 12.1 Å².